The number of amides is 1. The van der Waals surface area contributed by atoms with Crippen LogP contribution in [-0.4, -0.2) is 22.0 Å². The molecule has 0 spiro atoms. The maximum Gasteiger partial charge on any atom is 0.330 e. The average molecular weight is 455 g/mol. The molecule has 0 atom stereocenters. The second kappa shape index (κ2) is 10.7. The second-order valence-corrected chi connectivity index (χ2v) is 8.18. The fourth-order valence-corrected chi connectivity index (χ4v) is 3.45. The van der Waals surface area contributed by atoms with Crippen molar-refractivity contribution < 1.29 is 13.9 Å². The molecule has 0 saturated heterocycles. The minimum Gasteiger partial charge on any atom is -0.489 e. The van der Waals surface area contributed by atoms with Gasteiger partial charge in [-0.2, -0.15) is 0 Å². The fourth-order valence-electron chi connectivity index (χ4n) is 3.45. The number of ether oxygens (including phenoxy) is 1. The molecule has 1 amide bonds. The van der Waals surface area contributed by atoms with Crippen molar-refractivity contribution in [3.63, 3.8) is 0 Å². The van der Waals surface area contributed by atoms with Crippen molar-refractivity contribution in [2.75, 3.05) is 17.2 Å². The van der Waals surface area contributed by atoms with E-state index in [2.05, 4.69) is 4.98 Å². The molecule has 3 rings (SSSR count). The van der Waals surface area contributed by atoms with Gasteiger partial charge in [0.15, 0.2) is 11.4 Å². The molecule has 0 aliphatic carbocycles. The number of nitrogens with one attached hydrogen (secondary N) is 1. The third-order valence-corrected chi connectivity index (χ3v) is 5.09. The smallest absolute Gasteiger partial charge is 0.330 e. The maximum absolute atomic E-state index is 13.6. The first-order valence-corrected chi connectivity index (χ1v) is 11.0. The van der Waals surface area contributed by atoms with Crippen LogP contribution in [0.5, 0.6) is 5.75 Å². The van der Waals surface area contributed by atoms with E-state index in [1.165, 1.54) is 15.7 Å². The van der Waals surface area contributed by atoms with Gasteiger partial charge >= 0.3 is 5.69 Å². The summed E-state index contributed by atoms with van der Waals surface area (Å²) >= 11 is 0. The van der Waals surface area contributed by atoms with Crippen molar-refractivity contribution in [3.05, 3.63) is 74.8 Å². The molecule has 176 valence electrons. The van der Waals surface area contributed by atoms with Gasteiger partial charge in [-0.1, -0.05) is 45.4 Å². The summed E-state index contributed by atoms with van der Waals surface area (Å²) in [5.41, 5.74) is 5.42. The van der Waals surface area contributed by atoms with Gasteiger partial charge in [0.05, 0.1) is 6.26 Å². The summed E-state index contributed by atoms with van der Waals surface area (Å²) < 4.78 is 12.6. The molecule has 2 aromatic heterocycles. The minimum atomic E-state index is -0.715. The molecular weight excluding hydrogens is 424 g/mol. The van der Waals surface area contributed by atoms with E-state index in [1.54, 1.807) is 6.07 Å². The zero-order valence-corrected chi connectivity index (χ0v) is 19.2. The van der Waals surface area contributed by atoms with Crippen molar-refractivity contribution >= 4 is 17.4 Å². The van der Waals surface area contributed by atoms with Crippen LogP contribution in [0, 0.1) is 5.92 Å². The van der Waals surface area contributed by atoms with Crippen LogP contribution >= 0.6 is 0 Å². The van der Waals surface area contributed by atoms with Crippen molar-refractivity contribution in [2.24, 2.45) is 5.92 Å². The Morgan fingerprint density at radius 3 is 2.61 bits per heavy atom. The van der Waals surface area contributed by atoms with Crippen LogP contribution in [0.4, 0.5) is 11.5 Å². The topological polar surface area (TPSA) is 124 Å². The Morgan fingerprint density at radius 2 is 1.94 bits per heavy atom. The highest BCUT2D eigenvalue weighted by Crippen LogP contribution is 2.24. The predicted octanol–water partition coefficient (Wildman–Crippen LogP) is 3.39. The molecule has 9 nitrogen and oxygen atoms in total. The van der Waals surface area contributed by atoms with Crippen LogP contribution < -0.4 is 26.6 Å². The van der Waals surface area contributed by atoms with E-state index in [0.717, 1.165) is 6.42 Å². The Bertz CT molecular complexity index is 1190. The molecule has 0 unspecified atom stereocenters. The Kier molecular flexibility index (Phi) is 7.76. The molecule has 1 aromatic carbocycles. The van der Waals surface area contributed by atoms with Gasteiger partial charge in [-0.05, 0) is 30.5 Å². The van der Waals surface area contributed by atoms with Crippen LogP contribution in [0.1, 0.15) is 49.7 Å². The second-order valence-electron chi connectivity index (χ2n) is 8.18. The van der Waals surface area contributed by atoms with Gasteiger partial charge in [0.1, 0.15) is 18.2 Å². The Labute approximate surface area is 191 Å². The standard InChI is InChI=1S/C24H30N4O5/c1-4-5-12-27-21(25)19(22(29)26-24(27)31)28(14-16(2)3)23(30)20-17(11-13-32-20)15-33-18-9-7-6-8-10-18/h6-11,13,16H,4-5,12,14-15,25H2,1-3H3,(H,26,29,31). The Morgan fingerprint density at radius 1 is 1.21 bits per heavy atom. The number of para-hydroxylation sites is 1. The number of hydrogen-bond donors (Lipinski definition) is 2. The summed E-state index contributed by atoms with van der Waals surface area (Å²) in [6.45, 7) is 6.47. The number of rotatable bonds is 10. The molecule has 33 heavy (non-hydrogen) atoms. The third kappa shape index (κ3) is 5.54. The molecule has 0 saturated carbocycles. The van der Waals surface area contributed by atoms with Crippen LogP contribution in [0.15, 0.2) is 56.7 Å². The van der Waals surface area contributed by atoms with Gasteiger partial charge in [-0.3, -0.25) is 24.0 Å². The largest absolute Gasteiger partial charge is 0.489 e. The lowest BCUT2D eigenvalue weighted by molar-refractivity contribution is 0.0953. The first-order chi connectivity index (χ1) is 15.8. The van der Waals surface area contributed by atoms with Crippen LogP contribution in [0.25, 0.3) is 0 Å². The third-order valence-electron chi connectivity index (χ3n) is 5.09. The molecule has 0 aliphatic heterocycles. The van der Waals surface area contributed by atoms with Crippen LogP contribution in [-0.2, 0) is 13.2 Å². The first kappa shape index (κ1) is 23.9. The number of anilines is 2. The van der Waals surface area contributed by atoms with E-state index >= 15 is 0 Å². The van der Waals surface area contributed by atoms with E-state index in [9.17, 15) is 14.4 Å². The highest BCUT2D eigenvalue weighted by atomic mass is 16.5. The minimum absolute atomic E-state index is 0.0164. The van der Waals surface area contributed by atoms with E-state index in [-0.39, 0.29) is 36.3 Å². The summed E-state index contributed by atoms with van der Waals surface area (Å²) in [7, 11) is 0. The quantitative estimate of drug-likeness (QED) is 0.484. The molecule has 3 aromatic rings. The van der Waals surface area contributed by atoms with E-state index in [1.807, 2.05) is 51.1 Å². The Hall–Kier alpha value is -3.75. The van der Waals surface area contributed by atoms with Crippen molar-refractivity contribution in [1.82, 2.24) is 9.55 Å². The van der Waals surface area contributed by atoms with Gasteiger partial charge in [0.2, 0.25) is 0 Å². The number of hydrogen-bond acceptors (Lipinski definition) is 6. The van der Waals surface area contributed by atoms with Gasteiger partial charge in [-0.25, -0.2) is 4.79 Å². The van der Waals surface area contributed by atoms with Gasteiger partial charge in [0.25, 0.3) is 11.5 Å². The normalized spacial score (nSPS) is 11.0. The summed E-state index contributed by atoms with van der Waals surface area (Å²) in [6, 6.07) is 10.9. The molecule has 0 fully saturated rings. The van der Waals surface area contributed by atoms with E-state index in [4.69, 9.17) is 14.9 Å². The summed E-state index contributed by atoms with van der Waals surface area (Å²) in [5.74, 6) is 0.150. The lowest BCUT2D eigenvalue weighted by Gasteiger charge is -2.25. The molecule has 3 N–H and O–H groups in total. The molecular formula is C24H30N4O5. The highest BCUT2D eigenvalue weighted by Gasteiger charge is 2.29. The lowest BCUT2D eigenvalue weighted by Crippen LogP contribution is -2.42. The monoisotopic (exact) mass is 454 g/mol. The number of carbonyl (C=O) groups excluding carboxylic acids is 1. The Balaban J connectivity index is 1.98. The highest BCUT2D eigenvalue weighted by molar-refractivity contribution is 6.06. The number of unbranched alkanes of at least 4 members (excludes halogenated alkanes) is 1. The van der Waals surface area contributed by atoms with E-state index < -0.39 is 17.2 Å². The average Bonchev–Trinajstić information content (AvgIpc) is 3.25. The van der Waals surface area contributed by atoms with Crippen LogP contribution in [0.2, 0.25) is 0 Å². The van der Waals surface area contributed by atoms with Crippen LogP contribution in [0.3, 0.4) is 0 Å². The van der Waals surface area contributed by atoms with Gasteiger partial charge < -0.3 is 14.9 Å². The molecule has 0 radical (unpaired) electrons. The van der Waals surface area contributed by atoms with Crippen molar-refractivity contribution in [3.8, 4) is 5.75 Å². The molecule has 2 heterocycles. The lowest BCUT2D eigenvalue weighted by atomic mass is 10.1. The zero-order chi connectivity index (χ0) is 24.0. The maximum atomic E-state index is 13.6. The first-order valence-electron chi connectivity index (χ1n) is 11.0. The van der Waals surface area contributed by atoms with Crippen molar-refractivity contribution in [1.29, 1.82) is 0 Å². The summed E-state index contributed by atoms with van der Waals surface area (Å²) in [6.07, 6.45) is 2.94. The fraction of sp³-hybridized carbons (Fsp3) is 0.375. The molecule has 0 bridgehead atoms. The number of nitrogens with two attached hydrogens (primary N) is 1. The predicted molar refractivity (Wildman–Crippen MR) is 127 cm³/mol. The molecule has 0 aliphatic rings. The van der Waals surface area contributed by atoms with E-state index in [0.29, 0.717) is 24.3 Å². The summed E-state index contributed by atoms with van der Waals surface area (Å²) in [4.78, 5) is 42.3. The number of nitrogen functional groups attached to an aromatic ring is 1. The summed E-state index contributed by atoms with van der Waals surface area (Å²) in [5, 5.41) is 0. The number of furan rings is 1. The number of nitrogens with zero attached hydrogens (tertiary/aromatic N) is 2. The zero-order valence-electron chi connectivity index (χ0n) is 19.2. The number of carbonyl (C=O) groups is 1. The number of benzene rings is 1. The number of aromatic nitrogens is 2. The SMILES string of the molecule is CCCCn1c(N)c(N(CC(C)C)C(=O)c2occc2COc2ccccc2)c(=O)[nH]c1=O. The number of aromatic amines is 1. The van der Waals surface area contributed by atoms with Gasteiger partial charge in [0, 0.05) is 18.7 Å². The van der Waals surface area contributed by atoms with Gasteiger partial charge in [-0.15, -0.1) is 0 Å². The van der Waals surface area contributed by atoms with Crippen molar-refractivity contribution in [2.45, 2.75) is 46.8 Å². The number of H-pyrrole nitrogens is 1. The molecule has 9 heteroatoms.